The summed E-state index contributed by atoms with van der Waals surface area (Å²) in [5, 5.41) is 14.2. The first-order chi connectivity index (χ1) is 24.2. The minimum atomic E-state index is -4.09. The summed E-state index contributed by atoms with van der Waals surface area (Å²) in [4.78, 5) is 27.0. The molecule has 2 N–H and O–H groups in total. The molecule has 0 spiro atoms. The van der Waals surface area contributed by atoms with Gasteiger partial charge in [-0.1, -0.05) is 36.4 Å². The lowest BCUT2D eigenvalue weighted by Crippen LogP contribution is -2.42. The maximum absolute atomic E-state index is 13.3. The van der Waals surface area contributed by atoms with E-state index in [9.17, 15) is 23.1 Å². The van der Waals surface area contributed by atoms with Crippen LogP contribution < -0.4 is 19.1 Å². The van der Waals surface area contributed by atoms with Gasteiger partial charge in [-0.15, -0.1) is 0 Å². The van der Waals surface area contributed by atoms with E-state index in [2.05, 4.69) is 9.82 Å². The highest BCUT2D eigenvalue weighted by molar-refractivity contribution is 7.89. The standard InChI is InChI=1S/C38H47N5O7S/c1-27-11-6-17-35(28(27)2)49-21-10-18-36(44)42-19-22-50-37-32(14-8-16-34(37)42)30-24-39-41(26-30)25-29-12-7-13-31(23-29)51(47,48)40-33(38(45)46)15-9-20-43(3,4)5/h6-8,11-14,16-17,23-24,26,33,40H,9-10,15,18-22,25H2,1-5H3/p+1/t33-/m0/s1. The number of carboxylic acid groups (broad SMARTS) is 1. The quantitative estimate of drug-likeness (QED) is 0.122. The van der Waals surface area contributed by atoms with E-state index in [4.69, 9.17) is 9.47 Å². The highest BCUT2D eigenvalue weighted by Crippen LogP contribution is 2.41. The molecule has 12 nitrogen and oxygen atoms in total. The van der Waals surface area contributed by atoms with Crippen LogP contribution in [0.5, 0.6) is 11.5 Å². The number of nitrogens with zero attached hydrogens (tertiary/aromatic N) is 4. The molecule has 13 heteroatoms. The molecule has 0 saturated heterocycles. The van der Waals surface area contributed by atoms with Crippen LogP contribution in [-0.4, -0.2) is 93.2 Å². The number of carboxylic acids is 1. The Hall–Kier alpha value is -4.72. The second kappa shape index (κ2) is 16.1. The molecule has 0 fully saturated rings. The number of quaternary nitrogens is 1. The number of ether oxygens (including phenoxy) is 2. The van der Waals surface area contributed by atoms with Crippen LogP contribution in [0, 0.1) is 13.8 Å². The number of anilines is 1. The molecule has 4 aromatic rings. The van der Waals surface area contributed by atoms with E-state index in [0.29, 0.717) is 67.0 Å². The van der Waals surface area contributed by atoms with E-state index in [1.807, 2.05) is 77.6 Å². The molecule has 5 rings (SSSR count). The van der Waals surface area contributed by atoms with Crippen molar-refractivity contribution in [1.29, 1.82) is 0 Å². The first-order valence-corrected chi connectivity index (χ1v) is 18.6. The van der Waals surface area contributed by atoms with Crippen LogP contribution in [0.4, 0.5) is 5.69 Å². The SMILES string of the molecule is Cc1cccc(OCCCC(=O)N2CCOc3c(-c4cnn(Cc5cccc(S(=O)(=O)N[C@@H](CCC[N+](C)(C)C)C(=O)O)c5)c4)cccc32)c1C. The van der Waals surface area contributed by atoms with Crippen molar-refractivity contribution < 1.29 is 37.1 Å². The fourth-order valence-electron chi connectivity index (χ4n) is 6.00. The Bertz CT molecular complexity index is 1970. The highest BCUT2D eigenvalue weighted by atomic mass is 32.2. The van der Waals surface area contributed by atoms with E-state index in [-0.39, 0.29) is 23.8 Å². The zero-order chi connectivity index (χ0) is 36.8. The van der Waals surface area contributed by atoms with E-state index in [0.717, 1.165) is 28.0 Å². The van der Waals surface area contributed by atoms with Gasteiger partial charge in [0.15, 0.2) is 5.75 Å². The molecule has 0 radical (unpaired) electrons. The fourth-order valence-corrected chi connectivity index (χ4v) is 7.29. The van der Waals surface area contributed by atoms with Crippen molar-refractivity contribution in [2.75, 3.05) is 52.3 Å². The molecule has 0 aliphatic carbocycles. The van der Waals surface area contributed by atoms with Crippen LogP contribution >= 0.6 is 0 Å². The summed E-state index contributed by atoms with van der Waals surface area (Å²) < 4.78 is 43.2. The van der Waals surface area contributed by atoms with Crippen LogP contribution in [0.1, 0.15) is 42.4 Å². The van der Waals surface area contributed by atoms with Crippen molar-refractivity contribution in [3.05, 3.63) is 89.7 Å². The molecular formula is C38H48N5O7S+. The van der Waals surface area contributed by atoms with Gasteiger partial charge >= 0.3 is 5.97 Å². The largest absolute Gasteiger partial charge is 0.493 e. The minimum absolute atomic E-state index is 0.000109. The van der Waals surface area contributed by atoms with Gasteiger partial charge in [0.2, 0.25) is 15.9 Å². The number of para-hydroxylation sites is 1. The molecule has 3 aromatic carbocycles. The van der Waals surface area contributed by atoms with Crippen molar-refractivity contribution in [3.8, 4) is 22.6 Å². The Morgan fingerprint density at radius 3 is 2.59 bits per heavy atom. The highest BCUT2D eigenvalue weighted by Gasteiger charge is 2.28. The monoisotopic (exact) mass is 718 g/mol. The number of fused-ring (bicyclic) bond motifs is 1. The molecule has 1 aromatic heterocycles. The van der Waals surface area contributed by atoms with Crippen molar-refractivity contribution in [1.82, 2.24) is 14.5 Å². The number of nitrogens with one attached hydrogen (secondary N) is 1. The Kier molecular flexibility index (Phi) is 11.8. The molecular weight excluding hydrogens is 671 g/mol. The third-order valence-corrected chi connectivity index (χ3v) is 10.4. The number of aliphatic carboxylic acids is 1. The number of carbonyl (C=O) groups is 2. The summed E-state index contributed by atoms with van der Waals surface area (Å²) in [6.07, 6.45) is 5.21. The molecule has 0 saturated carbocycles. The second-order valence-electron chi connectivity index (χ2n) is 13.9. The number of rotatable bonds is 16. The second-order valence-corrected chi connectivity index (χ2v) is 15.7. The van der Waals surface area contributed by atoms with E-state index >= 15 is 0 Å². The molecule has 1 aliphatic heterocycles. The number of aryl methyl sites for hydroxylation is 1. The molecule has 2 heterocycles. The zero-order valence-corrected chi connectivity index (χ0v) is 30.8. The van der Waals surface area contributed by atoms with Gasteiger partial charge < -0.3 is 24.0 Å². The number of hydrogen-bond donors (Lipinski definition) is 2. The summed E-state index contributed by atoms with van der Waals surface area (Å²) in [7, 11) is 1.91. The Morgan fingerprint density at radius 1 is 1.06 bits per heavy atom. The van der Waals surface area contributed by atoms with Crippen molar-refractivity contribution in [3.63, 3.8) is 0 Å². The van der Waals surface area contributed by atoms with E-state index in [1.54, 1.807) is 27.9 Å². The van der Waals surface area contributed by atoms with Gasteiger partial charge in [-0.2, -0.15) is 9.82 Å². The maximum Gasteiger partial charge on any atom is 0.321 e. The maximum atomic E-state index is 13.3. The molecule has 1 aliphatic rings. The zero-order valence-electron chi connectivity index (χ0n) is 30.0. The van der Waals surface area contributed by atoms with Crippen LogP contribution in [0.2, 0.25) is 0 Å². The van der Waals surface area contributed by atoms with Crippen LogP contribution in [0.25, 0.3) is 11.1 Å². The number of hydrogen-bond acceptors (Lipinski definition) is 7. The van der Waals surface area contributed by atoms with E-state index in [1.165, 1.54) is 12.1 Å². The predicted molar refractivity (Wildman–Crippen MR) is 196 cm³/mol. The van der Waals surface area contributed by atoms with Gasteiger partial charge in [-0.3, -0.25) is 14.3 Å². The lowest BCUT2D eigenvalue weighted by Gasteiger charge is -2.31. The number of benzene rings is 3. The number of carbonyl (C=O) groups excluding carboxylic acids is 1. The average Bonchev–Trinajstić information content (AvgIpc) is 3.55. The molecule has 1 amide bonds. The van der Waals surface area contributed by atoms with Crippen LogP contribution in [0.15, 0.2) is 78.0 Å². The van der Waals surface area contributed by atoms with Gasteiger partial charge in [-0.05, 0) is 74.1 Å². The molecule has 0 bridgehead atoms. The Labute approximate surface area is 300 Å². The fraction of sp³-hybridized carbons (Fsp3) is 0.395. The summed E-state index contributed by atoms with van der Waals surface area (Å²) in [5.74, 6) is 0.236. The molecule has 272 valence electrons. The van der Waals surface area contributed by atoms with Crippen molar-refractivity contribution >= 4 is 27.6 Å². The van der Waals surface area contributed by atoms with Crippen molar-refractivity contribution in [2.24, 2.45) is 0 Å². The lowest BCUT2D eigenvalue weighted by molar-refractivity contribution is -0.870. The third-order valence-electron chi connectivity index (χ3n) is 8.91. The first kappa shape index (κ1) is 37.5. The third kappa shape index (κ3) is 9.75. The number of sulfonamides is 1. The number of amides is 1. The number of aromatic nitrogens is 2. The van der Waals surface area contributed by atoms with E-state index < -0.39 is 22.0 Å². The Morgan fingerprint density at radius 2 is 1.82 bits per heavy atom. The predicted octanol–water partition coefficient (Wildman–Crippen LogP) is 5.02. The lowest BCUT2D eigenvalue weighted by atomic mass is 10.1. The van der Waals surface area contributed by atoms with Gasteiger partial charge in [0, 0.05) is 23.7 Å². The van der Waals surface area contributed by atoms with Crippen LogP contribution in [-0.2, 0) is 26.2 Å². The molecule has 1 atom stereocenters. The average molecular weight is 719 g/mol. The summed E-state index contributed by atoms with van der Waals surface area (Å²) in [5.41, 5.74) is 5.22. The normalized spacial score (nSPS) is 13.7. The molecule has 51 heavy (non-hydrogen) atoms. The summed E-state index contributed by atoms with van der Waals surface area (Å²) >= 11 is 0. The Balaban J connectivity index is 1.23. The van der Waals surface area contributed by atoms with Gasteiger partial charge in [0.1, 0.15) is 18.4 Å². The van der Waals surface area contributed by atoms with Crippen molar-refractivity contribution in [2.45, 2.75) is 57.0 Å². The van der Waals surface area contributed by atoms with Crippen LogP contribution in [0.3, 0.4) is 0 Å². The van der Waals surface area contributed by atoms with Gasteiger partial charge in [-0.25, -0.2) is 8.42 Å². The first-order valence-electron chi connectivity index (χ1n) is 17.1. The smallest absolute Gasteiger partial charge is 0.321 e. The summed E-state index contributed by atoms with van der Waals surface area (Å²) in [6, 6.07) is 16.8. The molecule has 0 unspecified atom stereocenters. The van der Waals surface area contributed by atoms with Gasteiger partial charge in [0.25, 0.3) is 0 Å². The minimum Gasteiger partial charge on any atom is -0.493 e. The van der Waals surface area contributed by atoms with Gasteiger partial charge in [0.05, 0.1) is 64.2 Å². The topological polar surface area (TPSA) is 140 Å². The summed E-state index contributed by atoms with van der Waals surface area (Å²) in [6.45, 7) is 6.31.